The van der Waals surface area contributed by atoms with Crippen LogP contribution in [0.5, 0.6) is 5.75 Å². The van der Waals surface area contributed by atoms with E-state index in [2.05, 4.69) is 20.6 Å². The fourth-order valence-corrected chi connectivity index (χ4v) is 3.94. The molecule has 2 aromatic carbocycles. The first kappa shape index (κ1) is 19.1. The monoisotopic (exact) mass is 418 g/mol. The van der Waals surface area contributed by atoms with Crippen LogP contribution in [0.25, 0.3) is 10.9 Å². The van der Waals surface area contributed by atoms with Crippen molar-refractivity contribution in [3.8, 4) is 5.75 Å². The molecule has 3 N–H and O–H groups in total. The topological polar surface area (TPSA) is 79.0 Å². The molecule has 1 aliphatic rings. The van der Waals surface area contributed by atoms with Crippen LogP contribution in [0.1, 0.15) is 24.4 Å². The zero-order valence-corrected chi connectivity index (χ0v) is 16.6. The number of hydrogen-bond acceptors (Lipinski definition) is 5. The predicted molar refractivity (Wildman–Crippen MR) is 113 cm³/mol. The van der Waals surface area contributed by atoms with E-state index in [1.807, 2.05) is 24.3 Å². The van der Waals surface area contributed by atoms with E-state index in [4.69, 9.17) is 27.9 Å². The maximum atomic E-state index is 12.1. The number of nitrogens with one attached hydrogen (secondary N) is 3. The Morgan fingerprint density at radius 2 is 2.07 bits per heavy atom. The summed E-state index contributed by atoms with van der Waals surface area (Å²) in [4.78, 5) is 19.3. The third kappa shape index (κ3) is 4.09. The molecule has 1 atom stereocenters. The van der Waals surface area contributed by atoms with Gasteiger partial charge in [-0.2, -0.15) is 0 Å². The molecule has 8 heteroatoms. The predicted octanol–water partition coefficient (Wildman–Crippen LogP) is 4.15. The molecule has 146 valence electrons. The van der Waals surface area contributed by atoms with E-state index in [0.717, 1.165) is 24.9 Å². The van der Waals surface area contributed by atoms with Gasteiger partial charge in [-0.25, -0.2) is 4.98 Å². The number of aromatic amines is 1. The summed E-state index contributed by atoms with van der Waals surface area (Å²) in [7, 11) is 0. The minimum absolute atomic E-state index is 0.140. The van der Waals surface area contributed by atoms with Gasteiger partial charge in [0, 0.05) is 29.6 Å². The number of aromatic nitrogens is 2. The molecule has 1 aromatic heterocycles. The van der Waals surface area contributed by atoms with E-state index in [0.29, 0.717) is 45.8 Å². The van der Waals surface area contributed by atoms with E-state index in [1.54, 1.807) is 12.1 Å². The smallest absolute Gasteiger partial charge is 0.260 e. The lowest BCUT2D eigenvalue weighted by Crippen LogP contribution is -2.29. The minimum atomic E-state index is -0.140. The second-order valence-electron chi connectivity index (χ2n) is 6.66. The summed E-state index contributed by atoms with van der Waals surface area (Å²) in [6.07, 6.45) is 1.72. The fourth-order valence-electron chi connectivity index (χ4n) is 3.38. The summed E-state index contributed by atoms with van der Waals surface area (Å²) >= 11 is 12.4. The maximum absolute atomic E-state index is 12.1. The highest BCUT2D eigenvalue weighted by Crippen LogP contribution is 2.39. The highest BCUT2D eigenvalue weighted by molar-refractivity contribution is 6.35. The van der Waals surface area contributed by atoms with Crippen molar-refractivity contribution in [2.45, 2.75) is 18.9 Å². The van der Waals surface area contributed by atoms with Gasteiger partial charge < -0.3 is 15.4 Å². The quantitative estimate of drug-likeness (QED) is 0.524. The first-order valence-corrected chi connectivity index (χ1v) is 9.95. The van der Waals surface area contributed by atoms with Crippen LogP contribution in [0.3, 0.4) is 0 Å². The van der Waals surface area contributed by atoms with Crippen LogP contribution in [0.15, 0.2) is 41.2 Å². The molecule has 2 heterocycles. The van der Waals surface area contributed by atoms with E-state index in [-0.39, 0.29) is 11.6 Å². The number of benzene rings is 2. The second-order valence-corrected chi connectivity index (χ2v) is 7.51. The van der Waals surface area contributed by atoms with Gasteiger partial charge in [0.05, 0.1) is 22.5 Å². The number of fused-ring (bicyclic) bond motifs is 2. The van der Waals surface area contributed by atoms with E-state index < -0.39 is 0 Å². The van der Waals surface area contributed by atoms with Crippen molar-refractivity contribution in [2.75, 3.05) is 25.0 Å². The third-order valence-electron chi connectivity index (χ3n) is 4.72. The van der Waals surface area contributed by atoms with Gasteiger partial charge in [0.15, 0.2) is 0 Å². The summed E-state index contributed by atoms with van der Waals surface area (Å²) in [5.41, 5.74) is 1.54. The van der Waals surface area contributed by atoms with Gasteiger partial charge in [0.2, 0.25) is 5.95 Å². The number of ether oxygens (including phenoxy) is 1. The number of nitrogens with zero attached hydrogens (tertiary/aromatic N) is 1. The molecule has 3 aromatic rings. The van der Waals surface area contributed by atoms with Crippen molar-refractivity contribution >= 4 is 40.1 Å². The summed E-state index contributed by atoms with van der Waals surface area (Å²) < 4.78 is 5.69. The Balaban J connectivity index is 1.32. The van der Waals surface area contributed by atoms with Gasteiger partial charge in [0.1, 0.15) is 5.75 Å². The van der Waals surface area contributed by atoms with Crippen LogP contribution in [0, 0.1) is 0 Å². The van der Waals surface area contributed by atoms with Gasteiger partial charge in [-0.1, -0.05) is 35.3 Å². The highest BCUT2D eigenvalue weighted by Gasteiger charge is 2.23. The minimum Gasteiger partial charge on any atom is -0.492 e. The van der Waals surface area contributed by atoms with Crippen molar-refractivity contribution in [1.29, 1.82) is 0 Å². The summed E-state index contributed by atoms with van der Waals surface area (Å²) in [5.74, 6) is 1.20. The molecule has 0 spiro atoms. The van der Waals surface area contributed by atoms with Gasteiger partial charge in [-0.3, -0.25) is 9.78 Å². The molecular weight excluding hydrogens is 399 g/mol. The lowest BCUT2D eigenvalue weighted by Gasteiger charge is -2.27. The van der Waals surface area contributed by atoms with Crippen LogP contribution in [0.2, 0.25) is 10.0 Å². The van der Waals surface area contributed by atoms with Crippen molar-refractivity contribution in [3.05, 3.63) is 62.4 Å². The molecule has 0 aliphatic carbocycles. The van der Waals surface area contributed by atoms with Crippen LogP contribution < -0.4 is 20.9 Å². The molecule has 1 unspecified atom stereocenters. The SMILES string of the molecule is O=c1[nH]c(NCCCNC2CCOc3c(Cl)cc(Cl)cc32)nc2ccccc12. The third-order valence-corrected chi connectivity index (χ3v) is 5.21. The second kappa shape index (κ2) is 8.39. The van der Waals surface area contributed by atoms with E-state index in [1.165, 1.54) is 0 Å². The average molecular weight is 419 g/mol. The van der Waals surface area contributed by atoms with E-state index in [9.17, 15) is 4.79 Å². The Hall–Kier alpha value is -2.28. The number of para-hydroxylation sites is 1. The Morgan fingerprint density at radius 1 is 1.21 bits per heavy atom. The van der Waals surface area contributed by atoms with Gasteiger partial charge >= 0.3 is 0 Å². The van der Waals surface area contributed by atoms with Gasteiger partial charge in [0.25, 0.3) is 5.56 Å². The fraction of sp³-hybridized carbons (Fsp3) is 0.300. The number of anilines is 1. The molecule has 4 rings (SSSR count). The summed E-state index contributed by atoms with van der Waals surface area (Å²) in [6.45, 7) is 2.09. The van der Waals surface area contributed by atoms with Crippen LogP contribution in [-0.4, -0.2) is 29.7 Å². The summed E-state index contributed by atoms with van der Waals surface area (Å²) in [6, 6.07) is 11.0. The maximum Gasteiger partial charge on any atom is 0.260 e. The largest absolute Gasteiger partial charge is 0.492 e. The average Bonchev–Trinajstić information content (AvgIpc) is 2.68. The Labute approximate surface area is 172 Å². The standard InChI is InChI=1S/C20H20Cl2N4O2/c21-12-10-14-16(6-9-28-18(14)15(22)11-12)23-7-3-8-24-20-25-17-5-2-1-4-13(17)19(27)26-20/h1-2,4-5,10-11,16,23H,3,6-9H2,(H2,24,25,26,27). The molecule has 0 fully saturated rings. The van der Waals surface area contributed by atoms with Crippen molar-refractivity contribution in [2.24, 2.45) is 0 Å². The first-order valence-electron chi connectivity index (χ1n) is 9.20. The molecule has 0 saturated carbocycles. The first-order chi connectivity index (χ1) is 13.6. The lowest BCUT2D eigenvalue weighted by molar-refractivity contribution is 0.253. The molecule has 6 nitrogen and oxygen atoms in total. The van der Waals surface area contributed by atoms with Crippen LogP contribution in [0.4, 0.5) is 5.95 Å². The molecule has 1 aliphatic heterocycles. The summed E-state index contributed by atoms with van der Waals surface area (Å²) in [5, 5.41) is 8.45. The van der Waals surface area contributed by atoms with Crippen molar-refractivity contribution in [1.82, 2.24) is 15.3 Å². The van der Waals surface area contributed by atoms with Crippen LogP contribution in [-0.2, 0) is 0 Å². The van der Waals surface area contributed by atoms with Gasteiger partial charge in [-0.05, 0) is 37.2 Å². The Kier molecular flexibility index (Phi) is 5.71. The number of H-pyrrole nitrogens is 1. The Morgan fingerprint density at radius 3 is 2.96 bits per heavy atom. The highest BCUT2D eigenvalue weighted by atomic mass is 35.5. The van der Waals surface area contributed by atoms with E-state index >= 15 is 0 Å². The van der Waals surface area contributed by atoms with Gasteiger partial charge in [-0.15, -0.1) is 0 Å². The lowest BCUT2D eigenvalue weighted by atomic mass is 10.0. The molecule has 0 saturated heterocycles. The Bertz CT molecular complexity index is 1050. The molecule has 0 amide bonds. The molecule has 0 radical (unpaired) electrons. The molecular formula is C20H20Cl2N4O2. The van der Waals surface area contributed by atoms with Crippen molar-refractivity contribution < 1.29 is 4.74 Å². The zero-order chi connectivity index (χ0) is 19.5. The molecule has 28 heavy (non-hydrogen) atoms. The number of rotatable bonds is 6. The number of hydrogen-bond donors (Lipinski definition) is 3. The number of halogens is 2. The normalized spacial score (nSPS) is 15.9. The molecule has 0 bridgehead atoms. The van der Waals surface area contributed by atoms with Crippen LogP contribution >= 0.6 is 23.2 Å². The zero-order valence-electron chi connectivity index (χ0n) is 15.1. The van der Waals surface area contributed by atoms with Crippen molar-refractivity contribution in [3.63, 3.8) is 0 Å².